The van der Waals surface area contributed by atoms with Gasteiger partial charge < -0.3 is 9.80 Å². The van der Waals surface area contributed by atoms with Gasteiger partial charge in [-0.1, -0.05) is 35.3 Å². The molecule has 1 amide bonds. The van der Waals surface area contributed by atoms with Gasteiger partial charge in [0, 0.05) is 43.3 Å². The SMILES string of the molecule is O=C(c1ccccc1Cl)N1CCN(c2cc[nH+]c3cc(Cl)ccc23)CC1. The number of hydrogen-bond acceptors (Lipinski definition) is 2. The van der Waals surface area contributed by atoms with Crippen molar-refractivity contribution in [1.29, 1.82) is 0 Å². The van der Waals surface area contributed by atoms with Crippen molar-refractivity contribution in [2.45, 2.75) is 0 Å². The Kier molecular flexibility index (Phi) is 4.70. The van der Waals surface area contributed by atoms with E-state index in [0.717, 1.165) is 29.7 Å². The number of piperazine rings is 1. The van der Waals surface area contributed by atoms with E-state index in [2.05, 4.69) is 16.0 Å². The number of anilines is 1. The molecule has 1 aromatic heterocycles. The summed E-state index contributed by atoms with van der Waals surface area (Å²) in [6.07, 6.45) is 1.93. The quantitative estimate of drug-likeness (QED) is 0.669. The molecule has 6 heteroatoms. The Hall–Kier alpha value is -2.30. The summed E-state index contributed by atoms with van der Waals surface area (Å²) in [5.41, 5.74) is 2.72. The van der Waals surface area contributed by atoms with E-state index in [1.165, 1.54) is 0 Å². The van der Waals surface area contributed by atoms with Crippen molar-refractivity contribution < 1.29 is 9.78 Å². The number of carbonyl (C=O) groups excluding carboxylic acids is 1. The van der Waals surface area contributed by atoms with E-state index in [1.54, 1.807) is 12.1 Å². The smallest absolute Gasteiger partial charge is 0.255 e. The van der Waals surface area contributed by atoms with Gasteiger partial charge in [-0.15, -0.1) is 0 Å². The zero-order valence-electron chi connectivity index (χ0n) is 14.1. The monoisotopic (exact) mass is 386 g/mol. The van der Waals surface area contributed by atoms with Crippen LogP contribution in [0.25, 0.3) is 10.9 Å². The van der Waals surface area contributed by atoms with Crippen molar-refractivity contribution >= 4 is 45.7 Å². The maximum absolute atomic E-state index is 12.7. The largest absolute Gasteiger partial charge is 0.367 e. The summed E-state index contributed by atoms with van der Waals surface area (Å²) < 4.78 is 0. The minimum absolute atomic E-state index is 0.00622. The summed E-state index contributed by atoms with van der Waals surface area (Å²) in [5, 5.41) is 2.34. The van der Waals surface area contributed by atoms with Gasteiger partial charge in [-0.25, -0.2) is 4.98 Å². The van der Waals surface area contributed by atoms with Gasteiger partial charge in [0.25, 0.3) is 5.91 Å². The van der Waals surface area contributed by atoms with Gasteiger partial charge in [-0.2, -0.15) is 0 Å². The highest BCUT2D eigenvalue weighted by molar-refractivity contribution is 6.33. The average molecular weight is 387 g/mol. The van der Waals surface area contributed by atoms with Crippen LogP contribution in [-0.4, -0.2) is 37.0 Å². The van der Waals surface area contributed by atoms with Crippen molar-refractivity contribution in [3.63, 3.8) is 0 Å². The summed E-state index contributed by atoms with van der Waals surface area (Å²) in [6.45, 7) is 2.88. The Labute approximate surface area is 161 Å². The second-order valence-corrected chi connectivity index (χ2v) is 7.16. The number of fused-ring (bicyclic) bond motifs is 1. The molecule has 132 valence electrons. The molecule has 1 saturated heterocycles. The number of rotatable bonds is 2. The minimum Gasteiger partial charge on any atom is -0.367 e. The van der Waals surface area contributed by atoms with Crippen LogP contribution in [-0.2, 0) is 0 Å². The first kappa shape index (κ1) is 17.1. The highest BCUT2D eigenvalue weighted by Crippen LogP contribution is 2.27. The lowest BCUT2D eigenvalue weighted by Gasteiger charge is -2.36. The third-order valence-corrected chi connectivity index (χ3v) is 5.31. The third kappa shape index (κ3) is 3.22. The van der Waals surface area contributed by atoms with Crippen molar-refractivity contribution in [1.82, 2.24) is 4.90 Å². The van der Waals surface area contributed by atoms with Crippen LogP contribution in [0, 0.1) is 0 Å². The molecule has 0 radical (unpaired) electrons. The van der Waals surface area contributed by atoms with Crippen LogP contribution < -0.4 is 9.88 Å². The fourth-order valence-electron chi connectivity index (χ4n) is 3.39. The normalized spacial score (nSPS) is 14.7. The number of nitrogens with one attached hydrogen (secondary N) is 1. The van der Waals surface area contributed by atoms with Gasteiger partial charge in [-0.05, 0) is 24.3 Å². The van der Waals surface area contributed by atoms with Crippen LogP contribution in [0.1, 0.15) is 10.4 Å². The molecule has 4 nitrogen and oxygen atoms in total. The molecule has 1 fully saturated rings. The Balaban J connectivity index is 1.52. The summed E-state index contributed by atoms with van der Waals surface area (Å²) >= 11 is 12.3. The van der Waals surface area contributed by atoms with E-state index >= 15 is 0 Å². The molecule has 1 N–H and O–H groups in total. The number of benzene rings is 2. The van der Waals surface area contributed by atoms with E-state index in [1.807, 2.05) is 41.4 Å². The molecule has 0 aliphatic carbocycles. The fourth-order valence-corrected chi connectivity index (χ4v) is 3.78. The minimum atomic E-state index is -0.00622. The number of hydrogen-bond donors (Lipinski definition) is 0. The van der Waals surface area contributed by atoms with Crippen LogP contribution in [0.3, 0.4) is 0 Å². The maximum atomic E-state index is 12.7. The van der Waals surface area contributed by atoms with Crippen molar-refractivity contribution in [2.75, 3.05) is 31.1 Å². The van der Waals surface area contributed by atoms with Gasteiger partial charge in [0.1, 0.15) is 0 Å². The molecule has 1 aliphatic heterocycles. The molecular formula is C20H18Cl2N3O+. The molecule has 0 unspecified atom stereocenters. The van der Waals surface area contributed by atoms with Crippen molar-refractivity contribution in [2.24, 2.45) is 0 Å². The van der Waals surface area contributed by atoms with Crippen LogP contribution in [0.2, 0.25) is 10.0 Å². The molecule has 1 aliphatic rings. The predicted octanol–water partition coefficient (Wildman–Crippen LogP) is 3.92. The lowest BCUT2D eigenvalue weighted by molar-refractivity contribution is -0.344. The summed E-state index contributed by atoms with van der Waals surface area (Å²) in [6, 6.07) is 15.1. The van der Waals surface area contributed by atoms with Gasteiger partial charge in [0.2, 0.25) is 5.52 Å². The molecule has 2 aromatic carbocycles. The van der Waals surface area contributed by atoms with Crippen LogP contribution in [0.5, 0.6) is 0 Å². The Morgan fingerprint density at radius 1 is 0.962 bits per heavy atom. The van der Waals surface area contributed by atoms with Crippen LogP contribution in [0.4, 0.5) is 5.69 Å². The highest BCUT2D eigenvalue weighted by Gasteiger charge is 2.24. The molecule has 0 bridgehead atoms. The third-order valence-electron chi connectivity index (χ3n) is 4.75. The molecular weight excluding hydrogens is 369 g/mol. The Morgan fingerprint density at radius 2 is 1.73 bits per heavy atom. The van der Waals surface area contributed by atoms with Gasteiger partial charge >= 0.3 is 0 Å². The number of carbonyl (C=O) groups is 1. The molecule has 2 heterocycles. The maximum Gasteiger partial charge on any atom is 0.255 e. The molecule has 3 aromatic rings. The molecule has 4 rings (SSSR count). The first-order valence-corrected chi connectivity index (χ1v) is 9.28. The first-order chi connectivity index (χ1) is 12.6. The van der Waals surface area contributed by atoms with Crippen molar-refractivity contribution in [3.8, 4) is 0 Å². The zero-order valence-corrected chi connectivity index (χ0v) is 15.6. The number of pyridine rings is 1. The first-order valence-electron chi connectivity index (χ1n) is 8.52. The lowest BCUT2D eigenvalue weighted by atomic mass is 10.1. The second-order valence-electron chi connectivity index (χ2n) is 6.31. The molecule has 0 saturated carbocycles. The van der Waals surface area contributed by atoms with Gasteiger partial charge in [-0.3, -0.25) is 4.79 Å². The average Bonchev–Trinajstić information content (AvgIpc) is 2.67. The van der Waals surface area contributed by atoms with E-state index < -0.39 is 0 Å². The number of aromatic nitrogens is 1. The fraction of sp³-hybridized carbons (Fsp3) is 0.200. The topological polar surface area (TPSA) is 37.7 Å². The molecule has 0 spiro atoms. The van der Waals surface area contributed by atoms with Crippen molar-refractivity contribution in [3.05, 3.63) is 70.3 Å². The van der Waals surface area contributed by atoms with E-state index in [4.69, 9.17) is 23.2 Å². The second kappa shape index (κ2) is 7.14. The van der Waals surface area contributed by atoms with Crippen LogP contribution in [0.15, 0.2) is 54.7 Å². The Morgan fingerprint density at radius 3 is 2.50 bits per heavy atom. The lowest BCUT2D eigenvalue weighted by Crippen LogP contribution is -2.49. The molecule has 0 atom stereocenters. The van der Waals surface area contributed by atoms with Crippen LogP contribution >= 0.6 is 23.2 Å². The Bertz CT molecular complexity index is 968. The predicted molar refractivity (Wildman–Crippen MR) is 105 cm³/mol. The van der Waals surface area contributed by atoms with E-state index in [0.29, 0.717) is 28.7 Å². The number of aromatic amines is 1. The zero-order chi connectivity index (χ0) is 18.1. The van der Waals surface area contributed by atoms with E-state index in [9.17, 15) is 4.79 Å². The summed E-state index contributed by atoms with van der Waals surface area (Å²) in [5.74, 6) is -0.00622. The summed E-state index contributed by atoms with van der Waals surface area (Å²) in [4.78, 5) is 20.1. The molecule has 26 heavy (non-hydrogen) atoms. The standard InChI is InChI=1S/C20H17Cl2N3O/c21-14-5-6-16-18(13-14)23-8-7-19(16)24-9-11-25(12-10-24)20(26)15-3-1-2-4-17(15)22/h1-8,13H,9-12H2/p+1. The van der Waals surface area contributed by atoms with Gasteiger partial charge in [0.05, 0.1) is 21.7 Å². The summed E-state index contributed by atoms with van der Waals surface area (Å²) in [7, 11) is 0. The van der Waals surface area contributed by atoms with Gasteiger partial charge in [0.15, 0.2) is 6.20 Å². The number of halogens is 2. The number of H-pyrrole nitrogens is 1. The number of amides is 1. The number of nitrogens with zero attached hydrogens (tertiary/aromatic N) is 2. The highest BCUT2D eigenvalue weighted by atomic mass is 35.5. The van der Waals surface area contributed by atoms with E-state index in [-0.39, 0.29) is 5.91 Å².